The molecule has 94 valence electrons. The zero-order valence-corrected chi connectivity index (χ0v) is 9.93. The molecule has 1 aromatic carbocycles. The lowest BCUT2D eigenvalue weighted by molar-refractivity contribution is -0.385. The monoisotopic (exact) mass is 240 g/mol. The molecule has 0 aliphatic carbocycles. The van der Waals surface area contributed by atoms with Crippen LogP contribution in [0.4, 0.5) is 11.4 Å². The first kappa shape index (κ1) is 13.2. The second kappa shape index (κ2) is 6.70. The zero-order chi connectivity index (χ0) is 12.7. The normalized spacial score (nSPS) is 10.0. The van der Waals surface area contributed by atoms with Gasteiger partial charge in [0.15, 0.2) is 5.75 Å². The Hall–Kier alpha value is -1.82. The van der Waals surface area contributed by atoms with Crippen molar-refractivity contribution in [3.8, 4) is 5.75 Å². The summed E-state index contributed by atoms with van der Waals surface area (Å²) < 4.78 is 10.1. The maximum Gasteiger partial charge on any atom is 0.311 e. The minimum absolute atomic E-state index is 0.0390. The lowest BCUT2D eigenvalue weighted by Gasteiger charge is -2.08. The number of nitro groups is 1. The molecular formula is C11H16N2O4. The first-order chi connectivity index (χ1) is 8.19. The quantitative estimate of drug-likeness (QED) is 0.448. The molecule has 17 heavy (non-hydrogen) atoms. The van der Waals surface area contributed by atoms with E-state index in [1.54, 1.807) is 12.1 Å². The molecule has 0 bridgehead atoms. The van der Waals surface area contributed by atoms with E-state index in [0.717, 1.165) is 5.69 Å². The highest BCUT2D eigenvalue weighted by Crippen LogP contribution is 2.29. The number of nitrogens with one attached hydrogen (secondary N) is 1. The molecule has 0 radical (unpaired) electrons. The van der Waals surface area contributed by atoms with Gasteiger partial charge in [-0.3, -0.25) is 10.1 Å². The lowest BCUT2D eigenvalue weighted by atomic mass is 10.2. The SMILES string of the molecule is CCOCCNc1ccc([N+](=O)[O-])c(OC)c1. The Bertz CT molecular complexity index is 382. The van der Waals surface area contributed by atoms with Gasteiger partial charge in [-0.25, -0.2) is 0 Å². The van der Waals surface area contributed by atoms with Gasteiger partial charge in [-0.1, -0.05) is 0 Å². The molecule has 6 heteroatoms. The molecule has 1 aromatic rings. The number of nitrogens with zero attached hydrogens (tertiary/aromatic N) is 1. The molecule has 1 N–H and O–H groups in total. The number of hydrogen-bond acceptors (Lipinski definition) is 5. The van der Waals surface area contributed by atoms with E-state index in [4.69, 9.17) is 9.47 Å². The average Bonchev–Trinajstić information content (AvgIpc) is 2.34. The van der Waals surface area contributed by atoms with Crippen molar-refractivity contribution in [3.63, 3.8) is 0 Å². The Morgan fingerprint density at radius 1 is 1.47 bits per heavy atom. The van der Waals surface area contributed by atoms with Crippen molar-refractivity contribution in [2.45, 2.75) is 6.92 Å². The second-order valence-corrected chi connectivity index (χ2v) is 3.27. The Balaban J connectivity index is 2.66. The number of anilines is 1. The maximum atomic E-state index is 10.7. The van der Waals surface area contributed by atoms with Gasteiger partial charge in [-0.2, -0.15) is 0 Å². The van der Waals surface area contributed by atoms with Crippen LogP contribution in [0.25, 0.3) is 0 Å². The Morgan fingerprint density at radius 3 is 2.82 bits per heavy atom. The van der Waals surface area contributed by atoms with Crippen molar-refractivity contribution in [1.29, 1.82) is 0 Å². The molecule has 0 saturated carbocycles. The van der Waals surface area contributed by atoms with E-state index in [1.807, 2.05) is 6.92 Å². The summed E-state index contributed by atoms with van der Waals surface area (Å²) in [6.07, 6.45) is 0. The molecule has 0 heterocycles. The van der Waals surface area contributed by atoms with Gasteiger partial charge in [-0.15, -0.1) is 0 Å². The molecule has 0 saturated heterocycles. The van der Waals surface area contributed by atoms with Crippen molar-refractivity contribution >= 4 is 11.4 Å². The molecule has 6 nitrogen and oxygen atoms in total. The number of rotatable bonds is 7. The van der Waals surface area contributed by atoms with E-state index >= 15 is 0 Å². The van der Waals surface area contributed by atoms with Gasteiger partial charge in [0.25, 0.3) is 0 Å². The topological polar surface area (TPSA) is 73.6 Å². The molecule has 0 unspecified atom stereocenters. The van der Waals surface area contributed by atoms with Gasteiger partial charge >= 0.3 is 5.69 Å². The van der Waals surface area contributed by atoms with Crippen LogP contribution in [0.5, 0.6) is 5.75 Å². The van der Waals surface area contributed by atoms with Gasteiger partial charge in [0, 0.05) is 31.0 Å². The van der Waals surface area contributed by atoms with E-state index in [9.17, 15) is 10.1 Å². The molecule has 0 aliphatic rings. The van der Waals surface area contributed by atoms with Crippen LogP contribution in [-0.2, 0) is 4.74 Å². The Labute approximate surface area is 99.7 Å². The molecule has 0 amide bonds. The van der Waals surface area contributed by atoms with E-state index in [0.29, 0.717) is 19.8 Å². The molecular weight excluding hydrogens is 224 g/mol. The van der Waals surface area contributed by atoms with E-state index in [-0.39, 0.29) is 11.4 Å². The highest BCUT2D eigenvalue weighted by molar-refractivity contribution is 5.57. The fraction of sp³-hybridized carbons (Fsp3) is 0.455. The van der Waals surface area contributed by atoms with Gasteiger partial charge in [0.2, 0.25) is 0 Å². The predicted molar refractivity (Wildman–Crippen MR) is 64.6 cm³/mol. The van der Waals surface area contributed by atoms with E-state index in [1.165, 1.54) is 13.2 Å². The zero-order valence-electron chi connectivity index (χ0n) is 9.93. The number of nitro benzene ring substituents is 1. The summed E-state index contributed by atoms with van der Waals surface area (Å²) in [7, 11) is 1.41. The number of methoxy groups -OCH3 is 1. The summed E-state index contributed by atoms with van der Waals surface area (Å²) in [6, 6.07) is 4.67. The predicted octanol–water partition coefficient (Wildman–Crippen LogP) is 2.05. The molecule has 1 rings (SSSR count). The van der Waals surface area contributed by atoms with Crippen molar-refractivity contribution in [3.05, 3.63) is 28.3 Å². The summed E-state index contributed by atoms with van der Waals surface area (Å²) in [4.78, 5) is 10.2. The number of ether oxygens (including phenoxy) is 2. The van der Waals surface area contributed by atoms with Gasteiger partial charge < -0.3 is 14.8 Å². The van der Waals surface area contributed by atoms with Gasteiger partial charge in [-0.05, 0) is 13.0 Å². The third-order valence-electron chi connectivity index (χ3n) is 2.16. The summed E-state index contributed by atoms with van der Waals surface area (Å²) >= 11 is 0. The van der Waals surface area contributed by atoms with Crippen LogP contribution in [-0.4, -0.2) is 31.8 Å². The van der Waals surface area contributed by atoms with Crippen LogP contribution >= 0.6 is 0 Å². The van der Waals surface area contributed by atoms with Crippen LogP contribution in [0.15, 0.2) is 18.2 Å². The van der Waals surface area contributed by atoms with Crippen LogP contribution in [0.3, 0.4) is 0 Å². The van der Waals surface area contributed by atoms with Crippen LogP contribution in [0, 0.1) is 10.1 Å². The van der Waals surface area contributed by atoms with Crippen molar-refractivity contribution < 1.29 is 14.4 Å². The van der Waals surface area contributed by atoms with Gasteiger partial charge in [0.05, 0.1) is 18.6 Å². The molecule has 0 atom stereocenters. The molecule has 0 spiro atoms. The average molecular weight is 240 g/mol. The molecule has 0 aromatic heterocycles. The van der Waals surface area contributed by atoms with Crippen molar-refractivity contribution in [2.24, 2.45) is 0 Å². The smallest absolute Gasteiger partial charge is 0.311 e. The van der Waals surface area contributed by atoms with Crippen LogP contribution < -0.4 is 10.1 Å². The third kappa shape index (κ3) is 3.92. The first-order valence-corrected chi connectivity index (χ1v) is 5.33. The third-order valence-corrected chi connectivity index (χ3v) is 2.16. The van der Waals surface area contributed by atoms with E-state index < -0.39 is 4.92 Å². The lowest BCUT2D eigenvalue weighted by Crippen LogP contribution is -2.09. The Kier molecular flexibility index (Phi) is 5.22. The second-order valence-electron chi connectivity index (χ2n) is 3.27. The molecule has 0 aliphatic heterocycles. The highest BCUT2D eigenvalue weighted by Gasteiger charge is 2.14. The van der Waals surface area contributed by atoms with Crippen molar-refractivity contribution in [2.75, 3.05) is 32.2 Å². The largest absolute Gasteiger partial charge is 0.490 e. The molecule has 0 fully saturated rings. The highest BCUT2D eigenvalue weighted by atomic mass is 16.6. The number of hydrogen-bond donors (Lipinski definition) is 1. The fourth-order valence-corrected chi connectivity index (χ4v) is 1.35. The summed E-state index contributed by atoms with van der Waals surface area (Å²) in [5.41, 5.74) is 0.731. The number of benzene rings is 1. The first-order valence-electron chi connectivity index (χ1n) is 5.33. The minimum atomic E-state index is -0.469. The van der Waals surface area contributed by atoms with E-state index in [2.05, 4.69) is 5.32 Å². The summed E-state index contributed by atoms with van der Waals surface area (Å²) in [5, 5.41) is 13.8. The van der Waals surface area contributed by atoms with Crippen molar-refractivity contribution in [1.82, 2.24) is 0 Å². The summed E-state index contributed by atoms with van der Waals surface area (Å²) in [5.74, 6) is 0.247. The van der Waals surface area contributed by atoms with Crippen LogP contribution in [0.1, 0.15) is 6.92 Å². The van der Waals surface area contributed by atoms with Crippen LogP contribution in [0.2, 0.25) is 0 Å². The fourth-order valence-electron chi connectivity index (χ4n) is 1.35. The van der Waals surface area contributed by atoms with Gasteiger partial charge in [0.1, 0.15) is 0 Å². The maximum absolute atomic E-state index is 10.7. The standard InChI is InChI=1S/C11H16N2O4/c1-3-17-7-6-12-9-4-5-10(13(14)15)11(8-9)16-2/h4-5,8,12H,3,6-7H2,1-2H3. The minimum Gasteiger partial charge on any atom is -0.490 e. The summed E-state index contributed by atoms with van der Waals surface area (Å²) in [6.45, 7) is 3.84. The Morgan fingerprint density at radius 2 is 2.24 bits per heavy atom.